The Balaban J connectivity index is 2.40. The molecule has 0 heterocycles. The predicted octanol–water partition coefficient (Wildman–Crippen LogP) is 3.21. The Morgan fingerprint density at radius 2 is 1.36 bits per heavy atom. The van der Waals surface area contributed by atoms with Gasteiger partial charge in [0.05, 0.1) is 0 Å². The van der Waals surface area contributed by atoms with E-state index >= 15 is 0 Å². The van der Waals surface area contributed by atoms with Crippen LogP contribution in [0.5, 0.6) is 0 Å². The quantitative estimate of drug-likeness (QED) is 0.430. The van der Waals surface area contributed by atoms with Crippen molar-refractivity contribution in [3.8, 4) is 0 Å². The molecule has 11 heavy (non-hydrogen) atoms. The fourth-order valence-corrected chi connectivity index (χ4v) is 3.00. The average molecular weight is 215 g/mol. The molecule has 0 saturated heterocycles. The second kappa shape index (κ2) is 1.89. The van der Waals surface area contributed by atoms with Crippen LogP contribution in [0.3, 0.4) is 0 Å². The van der Waals surface area contributed by atoms with Crippen LogP contribution in [0.4, 0.5) is 4.39 Å². The van der Waals surface area contributed by atoms with Gasteiger partial charge in [0.2, 0.25) is 5.13 Å². The van der Waals surface area contributed by atoms with Crippen molar-refractivity contribution < 1.29 is 4.39 Å². The zero-order chi connectivity index (χ0) is 8.33. The standard InChI is InChI=1S/C7H6Cl3F/c8-5-3-1-2-4-6(5,9)7(5,10)11/h1-2H,3-4H2. The first-order valence-electron chi connectivity index (χ1n) is 3.36. The fraction of sp³-hybridized carbons (Fsp3) is 0.714. The van der Waals surface area contributed by atoms with Crippen molar-refractivity contribution in [2.24, 2.45) is 0 Å². The van der Waals surface area contributed by atoms with Gasteiger partial charge in [0.25, 0.3) is 0 Å². The molecule has 0 aromatic heterocycles. The highest BCUT2D eigenvalue weighted by Crippen LogP contribution is 2.75. The Labute approximate surface area is 79.3 Å². The molecular formula is C7H6Cl3F. The second-order valence-electron chi connectivity index (χ2n) is 3.06. The Bertz CT molecular complexity index is 216. The number of rotatable bonds is 0. The molecule has 1 fully saturated rings. The molecule has 0 bridgehead atoms. The van der Waals surface area contributed by atoms with E-state index in [0.29, 0.717) is 12.8 Å². The van der Waals surface area contributed by atoms with Crippen LogP contribution in [0.1, 0.15) is 12.8 Å². The lowest BCUT2D eigenvalue weighted by Gasteiger charge is -2.12. The molecule has 0 aromatic rings. The summed E-state index contributed by atoms with van der Waals surface area (Å²) >= 11 is 17.3. The first kappa shape index (κ1) is 8.15. The van der Waals surface area contributed by atoms with Gasteiger partial charge in [-0.2, -0.15) is 0 Å². The fourth-order valence-electron chi connectivity index (χ4n) is 1.61. The van der Waals surface area contributed by atoms with Gasteiger partial charge in [-0.1, -0.05) is 23.8 Å². The first-order valence-corrected chi connectivity index (χ1v) is 4.50. The van der Waals surface area contributed by atoms with Crippen molar-refractivity contribution in [3.63, 3.8) is 0 Å². The Hall–Kier alpha value is 0.540. The van der Waals surface area contributed by atoms with E-state index in [9.17, 15) is 4.39 Å². The van der Waals surface area contributed by atoms with Crippen LogP contribution in [0.2, 0.25) is 0 Å². The van der Waals surface area contributed by atoms with E-state index in [2.05, 4.69) is 0 Å². The third-order valence-corrected chi connectivity index (χ3v) is 4.94. The molecule has 0 aromatic carbocycles. The van der Waals surface area contributed by atoms with Gasteiger partial charge in [-0.05, 0) is 12.8 Å². The molecule has 62 valence electrons. The van der Waals surface area contributed by atoms with Crippen LogP contribution in [0, 0.1) is 0 Å². The average Bonchev–Trinajstić information content (AvgIpc) is 2.28. The highest BCUT2D eigenvalue weighted by atomic mass is 35.5. The molecule has 0 spiro atoms. The minimum absolute atomic E-state index is 0.415. The molecule has 0 radical (unpaired) electrons. The highest BCUT2D eigenvalue weighted by Gasteiger charge is 2.88. The number of hydrogen-bond acceptors (Lipinski definition) is 0. The van der Waals surface area contributed by atoms with Gasteiger partial charge in [0, 0.05) is 0 Å². The van der Waals surface area contributed by atoms with Gasteiger partial charge in [-0.15, -0.1) is 23.2 Å². The lowest BCUT2D eigenvalue weighted by Crippen LogP contribution is -2.15. The molecule has 2 aliphatic rings. The van der Waals surface area contributed by atoms with Crippen LogP contribution in [-0.4, -0.2) is 14.9 Å². The van der Waals surface area contributed by atoms with Gasteiger partial charge < -0.3 is 0 Å². The SMILES string of the molecule is FC1(Cl)C2(Cl)CC=CCC12Cl. The summed E-state index contributed by atoms with van der Waals surface area (Å²) in [6, 6.07) is 0. The molecule has 0 nitrogen and oxygen atoms in total. The van der Waals surface area contributed by atoms with Gasteiger partial charge in [0.1, 0.15) is 9.75 Å². The van der Waals surface area contributed by atoms with Crippen LogP contribution in [0.25, 0.3) is 0 Å². The lowest BCUT2D eigenvalue weighted by molar-refractivity contribution is 0.391. The molecule has 2 aliphatic carbocycles. The van der Waals surface area contributed by atoms with Gasteiger partial charge in [-0.3, -0.25) is 0 Å². The summed E-state index contributed by atoms with van der Waals surface area (Å²) in [5, 5.41) is -1.94. The van der Waals surface area contributed by atoms with Crippen LogP contribution < -0.4 is 0 Å². The van der Waals surface area contributed by atoms with Crippen molar-refractivity contribution in [2.45, 2.75) is 27.7 Å². The maximum atomic E-state index is 13.4. The monoisotopic (exact) mass is 214 g/mol. The number of hydrogen-bond donors (Lipinski definition) is 0. The van der Waals surface area contributed by atoms with E-state index in [-0.39, 0.29) is 0 Å². The predicted molar refractivity (Wildman–Crippen MR) is 45.2 cm³/mol. The highest BCUT2D eigenvalue weighted by molar-refractivity contribution is 6.51. The normalized spacial score (nSPS) is 60.7. The van der Waals surface area contributed by atoms with E-state index in [1.807, 2.05) is 12.2 Å². The topological polar surface area (TPSA) is 0 Å². The molecule has 2 atom stereocenters. The molecule has 4 heteroatoms. The Morgan fingerprint density at radius 3 is 1.64 bits per heavy atom. The molecular weight excluding hydrogens is 209 g/mol. The van der Waals surface area contributed by atoms with E-state index in [4.69, 9.17) is 34.8 Å². The van der Waals surface area contributed by atoms with Crippen LogP contribution >= 0.6 is 34.8 Å². The summed E-state index contributed by atoms with van der Waals surface area (Å²) < 4.78 is 13.4. The molecule has 2 unspecified atom stereocenters. The number of allylic oxidation sites excluding steroid dienone is 2. The van der Waals surface area contributed by atoms with Gasteiger partial charge >= 0.3 is 0 Å². The zero-order valence-electron chi connectivity index (χ0n) is 5.58. The smallest absolute Gasteiger partial charge is 0.222 e. The zero-order valence-corrected chi connectivity index (χ0v) is 7.85. The summed E-state index contributed by atoms with van der Waals surface area (Å²) in [5.41, 5.74) is 0. The third kappa shape index (κ3) is 0.644. The first-order chi connectivity index (χ1) is 4.96. The molecule has 0 aliphatic heterocycles. The van der Waals surface area contributed by atoms with Crippen molar-refractivity contribution in [1.82, 2.24) is 0 Å². The number of alkyl halides is 4. The maximum absolute atomic E-state index is 13.4. The summed E-state index contributed by atoms with van der Waals surface area (Å²) in [5.74, 6) is 0. The van der Waals surface area contributed by atoms with Crippen LogP contribution in [-0.2, 0) is 0 Å². The second-order valence-corrected chi connectivity index (χ2v) is 4.87. The third-order valence-electron chi connectivity index (χ3n) is 2.53. The molecule has 0 amide bonds. The summed E-state index contributed by atoms with van der Waals surface area (Å²) in [6.45, 7) is 0. The molecule has 1 saturated carbocycles. The lowest BCUT2D eigenvalue weighted by atomic mass is 10.1. The van der Waals surface area contributed by atoms with Crippen LogP contribution in [0.15, 0.2) is 12.2 Å². The molecule has 2 rings (SSSR count). The van der Waals surface area contributed by atoms with E-state index in [1.54, 1.807) is 0 Å². The number of halogens is 4. The molecule has 0 N–H and O–H groups in total. The van der Waals surface area contributed by atoms with Crippen molar-refractivity contribution in [1.29, 1.82) is 0 Å². The Morgan fingerprint density at radius 1 is 1.00 bits per heavy atom. The minimum atomic E-state index is -1.94. The van der Waals surface area contributed by atoms with E-state index in [1.165, 1.54) is 0 Å². The van der Waals surface area contributed by atoms with E-state index < -0.39 is 14.9 Å². The summed E-state index contributed by atoms with van der Waals surface area (Å²) in [6.07, 6.45) is 4.46. The largest absolute Gasteiger partial charge is 0.225 e. The summed E-state index contributed by atoms with van der Waals surface area (Å²) in [7, 11) is 0. The van der Waals surface area contributed by atoms with Gasteiger partial charge in [0.15, 0.2) is 0 Å². The van der Waals surface area contributed by atoms with Gasteiger partial charge in [-0.25, -0.2) is 4.39 Å². The van der Waals surface area contributed by atoms with Crippen molar-refractivity contribution in [3.05, 3.63) is 12.2 Å². The summed E-state index contributed by atoms with van der Waals surface area (Å²) in [4.78, 5) is -2.14. The van der Waals surface area contributed by atoms with E-state index in [0.717, 1.165) is 0 Å². The van der Waals surface area contributed by atoms with Crippen molar-refractivity contribution in [2.75, 3.05) is 0 Å². The minimum Gasteiger partial charge on any atom is -0.222 e. The maximum Gasteiger partial charge on any atom is 0.225 e. The number of fused-ring (bicyclic) bond motifs is 1. The Kier molecular flexibility index (Phi) is 1.40. The van der Waals surface area contributed by atoms with Crippen molar-refractivity contribution >= 4 is 34.8 Å².